The van der Waals surface area contributed by atoms with E-state index in [0.717, 1.165) is 20.7 Å². The van der Waals surface area contributed by atoms with E-state index in [-0.39, 0.29) is 0 Å². The zero-order valence-corrected chi connectivity index (χ0v) is 19.5. The highest BCUT2D eigenvalue weighted by atomic mass is 35.5. The number of aromatic nitrogens is 2. The molecule has 7 nitrogen and oxygen atoms in total. The Bertz CT molecular complexity index is 947. The summed E-state index contributed by atoms with van der Waals surface area (Å²) in [6.45, 7) is 7.50. The average Bonchev–Trinajstić information content (AvgIpc) is 3.02. The van der Waals surface area contributed by atoms with Crippen molar-refractivity contribution in [3.05, 3.63) is 28.8 Å². The number of hydrogen-bond donors (Lipinski definition) is 1. The second-order valence-electron chi connectivity index (χ2n) is 6.73. The van der Waals surface area contributed by atoms with Crippen LogP contribution >= 0.6 is 34.7 Å². The summed E-state index contributed by atoms with van der Waals surface area (Å²) < 4.78 is 26.7. The molecule has 0 spiro atoms. The summed E-state index contributed by atoms with van der Waals surface area (Å²) in [6.07, 6.45) is 1.06. The molecule has 2 aromatic rings. The minimum absolute atomic E-state index is 0.333. The first-order valence-electron chi connectivity index (χ1n) is 8.51. The molecule has 1 amide bonds. The molecule has 0 fully saturated rings. The minimum Gasteiger partial charge on any atom is -0.299 e. The van der Waals surface area contributed by atoms with Gasteiger partial charge in [-0.3, -0.25) is 14.4 Å². The Morgan fingerprint density at radius 3 is 2.61 bits per heavy atom. The van der Waals surface area contributed by atoms with Crippen LogP contribution in [0, 0.1) is 12.8 Å². The van der Waals surface area contributed by atoms with Gasteiger partial charge in [0.15, 0.2) is 4.34 Å². The zero-order valence-electron chi connectivity index (χ0n) is 16.3. The lowest BCUT2D eigenvalue weighted by Gasteiger charge is -2.29. The number of halogens is 1. The summed E-state index contributed by atoms with van der Waals surface area (Å²) in [5, 5.41) is 11.4. The number of nitrogens with one attached hydrogen (secondary N) is 1. The van der Waals surface area contributed by atoms with Gasteiger partial charge >= 0.3 is 0 Å². The largest absolute Gasteiger partial charge is 0.299 e. The molecule has 1 atom stereocenters. The summed E-state index contributed by atoms with van der Waals surface area (Å²) in [6, 6.07) is 3.92. The number of sulfonamides is 1. The molecule has 0 aliphatic carbocycles. The van der Waals surface area contributed by atoms with Crippen molar-refractivity contribution in [2.75, 3.05) is 21.6 Å². The van der Waals surface area contributed by atoms with Crippen LogP contribution in [0.15, 0.2) is 22.5 Å². The van der Waals surface area contributed by atoms with Crippen LogP contribution in [0.2, 0.25) is 5.02 Å². The van der Waals surface area contributed by atoms with Crippen LogP contribution in [0.5, 0.6) is 0 Å². The van der Waals surface area contributed by atoms with Crippen molar-refractivity contribution in [1.82, 2.24) is 10.2 Å². The smallest absolute Gasteiger partial charge is 0.249 e. The Balaban J connectivity index is 2.22. The third-order valence-corrected chi connectivity index (χ3v) is 7.54. The van der Waals surface area contributed by atoms with Crippen molar-refractivity contribution >= 4 is 61.4 Å². The molecule has 0 unspecified atom stereocenters. The molecule has 2 rings (SSSR count). The van der Waals surface area contributed by atoms with Crippen molar-refractivity contribution in [1.29, 1.82) is 0 Å². The lowest BCUT2D eigenvalue weighted by atomic mass is 10.2. The molecule has 0 saturated carbocycles. The monoisotopic (exact) mass is 462 g/mol. The Kier molecular flexibility index (Phi) is 7.72. The molecule has 11 heteroatoms. The first kappa shape index (κ1) is 22.9. The number of benzene rings is 1. The van der Waals surface area contributed by atoms with Gasteiger partial charge in [-0.25, -0.2) is 8.42 Å². The summed E-state index contributed by atoms with van der Waals surface area (Å²) in [4.78, 5) is 12.7. The SMILES string of the molecule is Cc1ccc(Cl)cc1N([C@H](C)C(=O)Nc1nnc(SCC(C)C)s1)S(C)(=O)=O. The topological polar surface area (TPSA) is 92.3 Å². The number of carbonyl (C=O) groups excluding carboxylic acids is 1. The van der Waals surface area contributed by atoms with Crippen molar-refractivity contribution in [2.24, 2.45) is 5.92 Å². The number of aryl methyl sites for hydroxylation is 1. The standard InChI is InChI=1S/C17H23ClN4O3S3/c1-10(2)9-26-17-21-20-16(27-17)19-15(23)12(4)22(28(5,24)25)14-8-13(18)7-6-11(14)3/h6-8,10,12H,9H2,1-5H3,(H,19,20,23)/t12-/m1/s1. The van der Waals surface area contributed by atoms with Crippen LogP contribution in [-0.4, -0.2) is 42.6 Å². The first-order chi connectivity index (χ1) is 13.0. The van der Waals surface area contributed by atoms with Crippen LogP contribution < -0.4 is 9.62 Å². The summed E-state index contributed by atoms with van der Waals surface area (Å²) in [5.41, 5.74) is 1.06. The van der Waals surface area contributed by atoms with Crippen LogP contribution in [0.3, 0.4) is 0 Å². The molecular weight excluding hydrogens is 440 g/mol. The molecule has 28 heavy (non-hydrogen) atoms. The van der Waals surface area contributed by atoms with Gasteiger partial charge in [0.1, 0.15) is 6.04 Å². The normalized spacial score (nSPS) is 12.8. The highest BCUT2D eigenvalue weighted by molar-refractivity contribution is 8.01. The van der Waals surface area contributed by atoms with Crippen LogP contribution in [-0.2, 0) is 14.8 Å². The van der Waals surface area contributed by atoms with Gasteiger partial charge in [-0.15, -0.1) is 10.2 Å². The van der Waals surface area contributed by atoms with Gasteiger partial charge in [-0.05, 0) is 37.5 Å². The number of hydrogen-bond acceptors (Lipinski definition) is 7. The predicted octanol–water partition coefficient (Wildman–Crippen LogP) is 4.04. The Hall–Kier alpha value is -1.36. The summed E-state index contributed by atoms with van der Waals surface area (Å²) in [5.74, 6) is 0.909. The van der Waals surface area contributed by atoms with E-state index in [2.05, 4.69) is 29.4 Å². The highest BCUT2D eigenvalue weighted by Crippen LogP contribution is 2.30. The minimum atomic E-state index is -3.73. The van der Waals surface area contributed by atoms with E-state index in [1.54, 1.807) is 30.8 Å². The summed E-state index contributed by atoms with van der Waals surface area (Å²) >= 11 is 8.87. The van der Waals surface area contributed by atoms with Gasteiger partial charge in [0.2, 0.25) is 21.1 Å². The molecule has 154 valence electrons. The fraction of sp³-hybridized carbons (Fsp3) is 0.471. The maximum atomic E-state index is 12.7. The lowest BCUT2D eigenvalue weighted by molar-refractivity contribution is -0.116. The van der Waals surface area contributed by atoms with Gasteiger partial charge in [0.25, 0.3) is 0 Å². The second-order valence-corrected chi connectivity index (χ2v) is 11.3. The molecule has 0 radical (unpaired) electrons. The number of amides is 1. The number of anilines is 2. The van der Waals surface area contributed by atoms with Crippen molar-refractivity contribution in [2.45, 2.75) is 38.1 Å². The van der Waals surface area contributed by atoms with Gasteiger partial charge in [-0.2, -0.15) is 0 Å². The molecule has 0 aliphatic rings. The van der Waals surface area contributed by atoms with Gasteiger partial charge in [0, 0.05) is 10.8 Å². The first-order valence-corrected chi connectivity index (χ1v) is 12.5. The van der Waals surface area contributed by atoms with Crippen LogP contribution in [0.4, 0.5) is 10.8 Å². The molecule has 0 aliphatic heterocycles. The molecular formula is C17H23ClN4O3S3. The van der Waals surface area contributed by atoms with E-state index in [4.69, 9.17) is 11.6 Å². The van der Waals surface area contributed by atoms with E-state index >= 15 is 0 Å². The number of thioether (sulfide) groups is 1. The quantitative estimate of drug-likeness (QED) is 0.470. The van der Waals surface area contributed by atoms with Crippen molar-refractivity contribution < 1.29 is 13.2 Å². The maximum Gasteiger partial charge on any atom is 0.249 e. The fourth-order valence-corrected chi connectivity index (χ4v) is 5.49. The molecule has 1 aromatic carbocycles. The van der Waals surface area contributed by atoms with Crippen molar-refractivity contribution in [3.8, 4) is 0 Å². The fourth-order valence-electron chi connectivity index (χ4n) is 2.37. The average molecular weight is 463 g/mol. The third-order valence-electron chi connectivity index (χ3n) is 3.67. The summed E-state index contributed by atoms with van der Waals surface area (Å²) in [7, 11) is -3.73. The van der Waals surface area contributed by atoms with E-state index in [1.807, 2.05) is 0 Å². The van der Waals surface area contributed by atoms with E-state index in [0.29, 0.717) is 27.3 Å². The Morgan fingerprint density at radius 2 is 2.00 bits per heavy atom. The van der Waals surface area contributed by atoms with E-state index in [9.17, 15) is 13.2 Å². The van der Waals surface area contributed by atoms with Crippen molar-refractivity contribution in [3.63, 3.8) is 0 Å². The molecule has 1 N–H and O–H groups in total. The second kappa shape index (κ2) is 9.43. The predicted molar refractivity (Wildman–Crippen MR) is 117 cm³/mol. The third kappa shape index (κ3) is 6.07. The van der Waals surface area contributed by atoms with Gasteiger partial charge in [-0.1, -0.05) is 54.6 Å². The molecule has 0 saturated heterocycles. The van der Waals surface area contributed by atoms with E-state index in [1.165, 1.54) is 24.3 Å². The molecule has 0 bridgehead atoms. The maximum absolute atomic E-state index is 12.7. The van der Waals surface area contributed by atoms with Crippen LogP contribution in [0.25, 0.3) is 0 Å². The Morgan fingerprint density at radius 1 is 1.32 bits per heavy atom. The number of carbonyl (C=O) groups is 1. The Labute approximate surface area is 178 Å². The zero-order chi connectivity index (χ0) is 21.1. The number of rotatable bonds is 8. The number of nitrogens with zero attached hydrogens (tertiary/aromatic N) is 3. The van der Waals surface area contributed by atoms with E-state index < -0.39 is 22.0 Å². The van der Waals surface area contributed by atoms with Gasteiger partial charge < -0.3 is 0 Å². The van der Waals surface area contributed by atoms with Crippen LogP contribution in [0.1, 0.15) is 26.3 Å². The molecule has 1 heterocycles. The molecule has 1 aromatic heterocycles. The highest BCUT2D eigenvalue weighted by Gasteiger charge is 2.31. The van der Waals surface area contributed by atoms with Gasteiger partial charge in [0.05, 0.1) is 11.9 Å². The lowest BCUT2D eigenvalue weighted by Crippen LogP contribution is -2.45.